The minimum atomic E-state index is -4.66. The van der Waals surface area contributed by atoms with Crippen molar-refractivity contribution in [3.8, 4) is 0 Å². The summed E-state index contributed by atoms with van der Waals surface area (Å²) in [5, 5.41) is 10.5. The zero-order valence-electron chi connectivity index (χ0n) is 32.1. The van der Waals surface area contributed by atoms with Crippen LogP contribution in [0.5, 0.6) is 0 Å². The molecule has 12 nitrogen and oxygen atoms in total. The SMILES string of the molecule is CCCCNC(=O)C(=O)C(CCC(F)(F)F)NC(=O)C1C2C(CN1C(=O)[C@@H](NC(=O)NC1(CS(=O)(=O)c3ccccc3)CCCCC1)C(C)(C)C)C2(C)C. The van der Waals surface area contributed by atoms with Crippen LogP contribution < -0.4 is 21.3 Å². The third-order valence-electron chi connectivity index (χ3n) is 11.3. The van der Waals surface area contributed by atoms with Crippen LogP contribution in [0.4, 0.5) is 18.0 Å². The molecule has 2 saturated carbocycles. The molecule has 3 aliphatic rings. The highest BCUT2D eigenvalue weighted by Gasteiger charge is 2.70. The average Bonchev–Trinajstić information content (AvgIpc) is 3.38. The first-order valence-electron chi connectivity index (χ1n) is 18.9. The Morgan fingerprint density at radius 3 is 2.17 bits per heavy atom. The third kappa shape index (κ3) is 10.3. The molecule has 1 aromatic rings. The molecule has 1 heterocycles. The summed E-state index contributed by atoms with van der Waals surface area (Å²) >= 11 is 0. The zero-order chi connectivity index (χ0) is 40.3. The number of benzene rings is 1. The predicted octanol–water partition coefficient (Wildman–Crippen LogP) is 4.67. The summed E-state index contributed by atoms with van der Waals surface area (Å²) in [4.78, 5) is 69.5. The van der Waals surface area contributed by atoms with Crippen LogP contribution >= 0.6 is 0 Å². The van der Waals surface area contributed by atoms with Crippen LogP contribution in [0.25, 0.3) is 0 Å². The number of halogens is 3. The first-order valence-corrected chi connectivity index (χ1v) is 20.5. The summed E-state index contributed by atoms with van der Waals surface area (Å²) < 4.78 is 66.8. The fourth-order valence-corrected chi connectivity index (χ4v) is 9.93. The monoisotopic (exact) mass is 783 g/mol. The highest BCUT2D eigenvalue weighted by Crippen LogP contribution is 2.65. The fourth-order valence-electron chi connectivity index (χ4n) is 8.10. The maximum Gasteiger partial charge on any atom is 0.389 e. The Kier molecular flexibility index (Phi) is 13.2. The van der Waals surface area contributed by atoms with E-state index in [9.17, 15) is 45.6 Å². The van der Waals surface area contributed by atoms with Gasteiger partial charge in [0.05, 0.1) is 22.2 Å². The fraction of sp³-hybridized carbons (Fsp3) is 0.711. The van der Waals surface area contributed by atoms with Crippen LogP contribution in [-0.2, 0) is 29.0 Å². The Hall–Kier alpha value is -3.69. The van der Waals surface area contributed by atoms with Crippen molar-refractivity contribution in [1.82, 2.24) is 26.2 Å². The molecule has 5 amide bonds. The summed E-state index contributed by atoms with van der Waals surface area (Å²) in [6.45, 7) is 11.1. The highest BCUT2D eigenvalue weighted by atomic mass is 32.2. The molecule has 0 bridgehead atoms. The number of ketones is 1. The van der Waals surface area contributed by atoms with Crippen molar-refractivity contribution < 1.29 is 45.6 Å². The van der Waals surface area contributed by atoms with Gasteiger partial charge in [0, 0.05) is 19.5 Å². The number of hydrogen-bond donors (Lipinski definition) is 4. The Labute approximate surface area is 316 Å². The van der Waals surface area contributed by atoms with E-state index in [1.54, 1.807) is 39.0 Å². The number of Topliss-reactive ketones (excluding diaryl/α,β-unsaturated/α-hetero) is 1. The number of unbranched alkanes of at least 4 members (excludes halogenated alkanes) is 1. The first-order chi connectivity index (χ1) is 25.0. The molecule has 2 aliphatic carbocycles. The Bertz CT molecular complexity index is 1660. The second-order valence-electron chi connectivity index (χ2n) is 16.9. The van der Waals surface area contributed by atoms with Crippen molar-refractivity contribution in [3.05, 3.63) is 30.3 Å². The number of carbonyl (C=O) groups excluding carboxylic acids is 5. The van der Waals surface area contributed by atoms with E-state index in [1.165, 1.54) is 17.0 Å². The number of nitrogens with one attached hydrogen (secondary N) is 4. The van der Waals surface area contributed by atoms with Crippen molar-refractivity contribution in [2.45, 2.75) is 134 Å². The number of fused-ring (bicyclic) bond motifs is 1. The average molecular weight is 784 g/mol. The summed E-state index contributed by atoms with van der Waals surface area (Å²) in [6.07, 6.45) is -2.59. The van der Waals surface area contributed by atoms with E-state index in [0.29, 0.717) is 38.5 Å². The lowest BCUT2D eigenvalue weighted by Gasteiger charge is -2.40. The van der Waals surface area contributed by atoms with Crippen LogP contribution in [-0.4, -0.2) is 91.5 Å². The highest BCUT2D eigenvalue weighted by molar-refractivity contribution is 7.91. The van der Waals surface area contributed by atoms with Gasteiger partial charge < -0.3 is 26.2 Å². The van der Waals surface area contributed by atoms with Gasteiger partial charge in [-0.3, -0.25) is 19.2 Å². The van der Waals surface area contributed by atoms with Gasteiger partial charge in [-0.25, -0.2) is 13.2 Å². The molecular weight excluding hydrogens is 728 g/mol. The molecule has 3 fully saturated rings. The number of carbonyl (C=O) groups is 5. The molecule has 0 radical (unpaired) electrons. The molecule has 1 saturated heterocycles. The molecule has 0 spiro atoms. The number of likely N-dealkylation sites (tertiary alicyclic amines) is 1. The summed E-state index contributed by atoms with van der Waals surface area (Å²) in [5.41, 5.74) is -2.40. The second kappa shape index (κ2) is 16.6. The summed E-state index contributed by atoms with van der Waals surface area (Å²) in [5.74, 6) is -4.62. The van der Waals surface area contributed by atoms with Crippen molar-refractivity contribution in [1.29, 1.82) is 0 Å². The number of rotatable bonds is 15. The van der Waals surface area contributed by atoms with E-state index < -0.39 is 92.9 Å². The lowest BCUT2D eigenvalue weighted by molar-refractivity contribution is -0.148. The Morgan fingerprint density at radius 2 is 1.59 bits per heavy atom. The number of hydrogen-bond acceptors (Lipinski definition) is 7. The van der Waals surface area contributed by atoms with Crippen LogP contribution in [0.15, 0.2) is 35.2 Å². The normalized spacial score (nSPS) is 23.0. The molecule has 1 aromatic carbocycles. The van der Waals surface area contributed by atoms with Crippen molar-refractivity contribution in [2.24, 2.45) is 22.7 Å². The van der Waals surface area contributed by atoms with Crippen LogP contribution in [0.3, 0.4) is 0 Å². The molecular formula is C38H56F3N5O7S. The molecule has 4 N–H and O–H groups in total. The molecule has 302 valence electrons. The van der Waals surface area contributed by atoms with Gasteiger partial charge in [0.25, 0.3) is 5.91 Å². The number of amides is 5. The zero-order valence-corrected chi connectivity index (χ0v) is 32.9. The number of alkyl halides is 3. The van der Waals surface area contributed by atoms with E-state index in [0.717, 1.165) is 6.42 Å². The first kappa shape index (κ1) is 43.0. The molecule has 4 rings (SSSR count). The van der Waals surface area contributed by atoms with Gasteiger partial charge in [-0.2, -0.15) is 13.2 Å². The summed E-state index contributed by atoms with van der Waals surface area (Å²) in [6, 6.07) is 3.07. The molecule has 4 unspecified atom stereocenters. The van der Waals surface area contributed by atoms with E-state index in [-0.39, 0.29) is 35.6 Å². The minimum Gasteiger partial charge on any atom is -0.349 e. The number of piperidine rings is 1. The van der Waals surface area contributed by atoms with Crippen molar-refractivity contribution in [3.63, 3.8) is 0 Å². The smallest absolute Gasteiger partial charge is 0.349 e. The number of nitrogens with zero attached hydrogens (tertiary/aromatic N) is 1. The standard InChI is InChI=1S/C38H56F3N5O7S/c1-7-8-21-42-32(49)29(47)26(17-20-38(39,40)41)43-31(48)28-27-25(36(27,5)6)22-46(28)33(50)30(35(2,3)4)44-34(51)45-37(18-13-10-14-19-37)23-54(52,53)24-15-11-9-12-16-24/h9,11-12,15-16,25-28,30H,7-8,10,13-14,17-23H2,1-6H3,(H,42,49)(H,43,48)(H2,44,45,51)/t25?,26?,27?,28?,30-/m1/s1. The van der Waals surface area contributed by atoms with Crippen molar-refractivity contribution in [2.75, 3.05) is 18.8 Å². The van der Waals surface area contributed by atoms with Crippen molar-refractivity contribution >= 4 is 39.4 Å². The van der Waals surface area contributed by atoms with Gasteiger partial charge in [-0.05, 0) is 60.5 Å². The van der Waals surface area contributed by atoms with Crippen LogP contribution in [0.1, 0.15) is 99.3 Å². The number of sulfone groups is 1. The van der Waals surface area contributed by atoms with Gasteiger partial charge >= 0.3 is 12.2 Å². The Balaban J connectivity index is 1.56. The maximum atomic E-state index is 14.5. The molecule has 16 heteroatoms. The number of urea groups is 1. The predicted molar refractivity (Wildman–Crippen MR) is 196 cm³/mol. The topological polar surface area (TPSA) is 171 Å². The van der Waals surface area contributed by atoms with Gasteiger partial charge in [-0.1, -0.05) is 85.4 Å². The second-order valence-corrected chi connectivity index (χ2v) is 18.9. The lowest BCUT2D eigenvalue weighted by atomic mass is 9.83. The molecule has 5 atom stereocenters. The van der Waals surface area contributed by atoms with E-state index >= 15 is 0 Å². The lowest BCUT2D eigenvalue weighted by Crippen LogP contribution is -2.63. The van der Waals surface area contributed by atoms with Gasteiger partial charge in [-0.15, -0.1) is 0 Å². The van der Waals surface area contributed by atoms with Gasteiger partial charge in [0.2, 0.25) is 17.6 Å². The maximum absolute atomic E-state index is 14.5. The van der Waals surface area contributed by atoms with Crippen LogP contribution in [0.2, 0.25) is 0 Å². The molecule has 0 aromatic heterocycles. The quantitative estimate of drug-likeness (QED) is 0.148. The van der Waals surface area contributed by atoms with E-state index in [1.807, 2.05) is 20.8 Å². The van der Waals surface area contributed by atoms with Crippen LogP contribution in [0, 0.1) is 22.7 Å². The minimum absolute atomic E-state index is 0.127. The van der Waals surface area contributed by atoms with E-state index in [2.05, 4.69) is 21.3 Å². The Morgan fingerprint density at radius 1 is 0.963 bits per heavy atom. The van der Waals surface area contributed by atoms with E-state index in [4.69, 9.17) is 0 Å². The third-order valence-corrected chi connectivity index (χ3v) is 13.2. The molecule has 1 aliphatic heterocycles. The molecule has 54 heavy (non-hydrogen) atoms. The van der Waals surface area contributed by atoms with Gasteiger partial charge in [0.1, 0.15) is 12.1 Å². The van der Waals surface area contributed by atoms with Gasteiger partial charge in [0.15, 0.2) is 9.84 Å². The summed E-state index contributed by atoms with van der Waals surface area (Å²) in [7, 11) is -3.79. The largest absolute Gasteiger partial charge is 0.389 e.